The number of aryl methyl sites for hydroxylation is 1. The number of hydrogen-bond acceptors (Lipinski definition) is 2. The van der Waals surface area contributed by atoms with Crippen LogP contribution in [0.15, 0.2) is 48.5 Å². The molecule has 1 aliphatic heterocycles. The van der Waals surface area contributed by atoms with Gasteiger partial charge in [-0.3, -0.25) is 0 Å². The zero-order chi connectivity index (χ0) is 12.4. The molecule has 0 bridgehead atoms. The van der Waals surface area contributed by atoms with E-state index in [4.69, 9.17) is 0 Å². The van der Waals surface area contributed by atoms with Crippen molar-refractivity contribution in [3.8, 4) is 0 Å². The predicted molar refractivity (Wildman–Crippen MR) is 75.7 cm³/mol. The van der Waals surface area contributed by atoms with Gasteiger partial charge in [0, 0.05) is 24.8 Å². The minimum atomic E-state index is 0.373. The molecule has 0 saturated carbocycles. The Morgan fingerprint density at radius 2 is 1.83 bits per heavy atom. The summed E-state index contributed by atoms with van der Waals surface area (Å²) in [6.45, 7) is 4.01. The van der Waals surface area contributed by atoms with Gasteiger partial charge in [-0.25, -0.2) is 0 Å². The van der Waals surface area contributed by atoms with Gasteiger partial charge in [0.15, 0.2) is 0 Å². The standard InChI is InChI=1S/C16H18N2/c1-12-6-5-9-14-10-17-15(11-18-16(12)14)13-7-3-2-4-8-13/h2-9,15,17-18H,10-11H2,1H3. The summed E-state index contributed by atoms with van der Waals surface area (Å²) in [4.78, 5) is 0. The second-order valence-electron chi connectivity index (χ2n) is 4.83. The van der Waals surface area contributed by atoms with Crippen molar-refractivity contribution in [2.75, 3.05) is 11.9 Å². The van der Waals surface area contributed by atoms with Crippen molar-refractivity contribution in [3.63, 3.8) is 0 Å². The number of fused-ring (bicyclic) bond motifs is 1. The van der Waals surface area contributed by atoms with Crippen molar-refractivity contribution < 1.29 is 0 Å². The highest BCUT2D eigenvalue weighted by Crippen LogP contribution is 2.25. The third kappa shape index (κ3) is 2.12. The van der Waals surface area contributed by atoms with Crippen LogP contribution in [0.1, 0.15) is 22.7 Å². The highest BCUT2D eigenvalue weighted by atomic mass is 15.0. The first kappa shape index (κ1) is 11.3. The van der Waals surface area contributed by atoms with Gasteiger partial charge >= 0.3 is 0 Å². The van der Waals surface area contributed by atoms with Crippen molar-refractivity contribution in [1.82, 2.24) is 5.32 Å². The van der Waals surface area contributed by atoms with Gasteiger partial charge in [-0.15, -0.1) is 0 Å². The lowest BCUT2D eigenvalue weighted by Gasteiger charge is -2.16. The van der Waals surface area contributed by atoms with Crippen LogP contribution < -0.4 is 10.6 Å². The van der Waals surface area contributed by atoms with Crippen molar-refractivity contribution in [2.45, 2.75) is 19.5 Å². The van der Waals surface area contributed by atoms with E-state index in [-0.39, 0.29) is 0 Å². The summed E-state index contributed by atoms with van der Waals surface area (Å²) in [5.74, 6) is 0. The normalized spacial score (nSPS) is 18.6. The Hall–Kier alpha value is -1.80. The summed E-state index contributed by atoms with van der Waals surface area (Å²) in [5, 5.41) is 7.20. The second-order valence-corrected chi connectivity index (χ2v) is 4.83. The maximum atomic E-state index is 3.62. The number of anilines is 1. The zero-order valence-corrected chi connectivity index (χ0v) is 10.6. The van der Waals surface area contributed by atoms with E-state index >= 15 is 0 Å². The van der Waals surface area contributed by atoms with E-state index in [1.807, 2.05) is 0 Å². The quantitative estimate of drug-likeness (QED) is 0.797. The SMILES string of the molecule is Cc1cccc2c1NCC(c1ccccc1)NC2. The molecular formula is C16H18N2. The van der Waals surface area contributed by atoms with Crippen molar-refractivity contribution in [3.05, 3.63) is 65.2 Å². The monoisotopic (exact) mass is 238 g/mol. The lowest BCUT2D eigenvalue weighted by Crippen LogP contribution is -2.24. The summed E-state index contributed by atoms with van der Waals surface area (Å²) < 4.78 is 0. The molecule has 2 aromatic carbocycles. The Kier molecular flexibility index (Phi) is 3.03. The first-order chi connectivity index (χ1) is 8.84. The largest absolute Gasteiger partial charge is 0.383 e. The van der Waals surface area contributed by atoms with Crippen molar-refractivity contribution in [2.24, 2.45) is 0 Å². The highest BCUT2D eigenvalue weighted by molar-refractivity contribution is 5.58. The van der Waals surface area contributed by atoms with Crippen LogP contribution in [0.2, 0.25) is 0 Å². The molecule has 0 fully saturated rings. The minimum absolute atomic E-state index is 0.373. The molecule has 1 unspecified atom stereocenters. The van der Waals surface area contributed by atoms with Gasteiger partial charge in [0.1, 0.15) is 0 Å². The Morgan fingerprint density at radius 1 is 1.00 bits per heavy atom. The van der Waals surface area contributed by atoms with E-state index in [0.29, 0.717) is 6.04 Å². The molecule has 0 amide bonds. The average Bonchev–Trinajstić information content (AvgIpc) is 2.63. The molecule has 0 saturated heterocycles. The van der Waals surface area contributed by atoms with Gasteiger partial charge in [0.2, 0.25) is 0 Å². The molecule has 2 aromatic rings. The average molecular weight is 238 g/mol. The maximum absolute atomic E-state index is 3.62. The molecule has 0 aliphatic carbocycles. The fraction of sp³-hybridized carbons (Fsp3) is 0.250. The fourth-order valence-electron chi connectivity index (χ4n) is 2.56. The zero-order valence-electron chi connectivity index (χ0n) is 10.6. The third-order valence-corrected chi connectivity index (χ3v) is 3.58. The second kappa shape index (κ2) is 4.83. The molecule has 2 heteroatoms. The van der Waals surface area contributed by atoms with Crippen LogP contribution in [0.3, 0.4) is 0 Å². The summed E-state index contributed by atoms with van der Waals surface area (Å²) in [6, 6.07) is 17.5. The Labute approximate surface area is 108 Å². The van der Waals surface area contributed by atoms with Gasteiger partial charge < -0.3 is 10.6 Å². The lowest BCUT2D eigenvalue weighted by molar-refractivity contribution is 0.566. The van der Waals surface area contributed by atoms with Crippen molar-refractivity contribution in [1.29, 1.82) is 0 Å². The number of para-hydroxylation sites is 1. The molecule has 18 heavy (non-hydrogen) atoms. The van der Waals surface area contributed by atoms with E-state index in [0.717, 1.165) is 13.1 Å². The maximum Gasteiger partial charge on any atom is 0.0498 e. The fourth-order valence-corrected chi connectivity index (χ4v) is 2.56. The molecule has 0 aromatic heterocycles. The van der Waals surface area contributed by atoms with Crippen molar-refractivity contribution >= 4 is 5.69 Å². The molecule has 0 radical (unpaired) electrons. The van der Waals surface area contributed by atoms with Crippen LogP contribution >= 0.6 is 0 Å². The minimum Gasteiger partial charge on any atom is -0.383 e. The number of nitrogens with one attached hydrogen (secondary N) is 2. The van der Waals surface area contributed by atoms with Gasteiger partial charge in [-0.2, -0.15) is 0 Å². The first-order valence-electron chi connectivity index (χ1n) is 6.45. The van der Waals surface area contributed by atoms with Crippen LogP contribution in [-0.2, 0) is 6.54 Å². The summed E-state index contributed by atoms with van der Waals surface area (Å²) in [6.07, 6.45) is 0. The molecule has 1 aliphatic rings. The Bertz CT molecular complexity index is 534. The number of hydrogen-bond donors (Lipinski definition) is 2. The molecular weight excluding hydrogens is 220 g/mol. The molecule has 0 spiro atoms. The number of rotatable bonds is 1. The van der Waals surface area contributed by atoms with E-state index in [2.05, 4.69) is 66.1 Å². The van der Waals surface area contributed by atoms with Gasteiger partial charge in [-0.1, -0.05) is 48.5 Å². The van der Waals surface area contributed by atoms with Crippen LogP contribution in [0.5, 0.6) is 0 Å². The van der Waals surface area contributed by atoms with E-state index in [1.54, 1.807) is 0 Å². The molecule has 92 valence electrons. The Morgan fingerprint density at radius 3 is 2.67 bits per heavy atom. The molecule has 3 rings (SSSR count). The van der Waals surface area contributed by atoms with Crippen LogP contribution in [0.25, 0.3) is 0 Å². The summed E-state index contributed by atoms with van der Waals surface area (Å²) >= 11 is 0. The van der Waals surface area contributed by atoms with Gasteiger partial charge in [0.05, 0.1) is 0 Å². The lowest BCUT2D eigenvalue weighted by atomic mass is 10.1. The first-order valence-corrected chi connectivity index (χ1v) is 6.45. The predicted octanol–water partition coefficient (Wildman–Crippen LogP) is 3.25. The van der Waals surface area contributed by atoms with Gasteiger partial charge in [-0.05, 0) is 23.6 Å². The van der Waals surface area contributed by atoms with Gasteiger partial charge in [0.25, 0.3) is 0 Å². The van der Waals surface area contributed by atoms with E-state index in [1.165, 1.54) is 22.4 Å². The highest BCUT2D eigenvalue weighted by Gasteiger charge is 2.16. The number of benzene rings is 2. The molecule has 1 atom stereocenters. The van der Waals surface area contributed by atoms with E-state index < -0.39 is 0 Å². The van der Waals surface area contributed by atoms with Crippen LogP contribution in [0, 0.1) is 6.92 Å². The molecule has 2 N–H and O–H groups in total. The topological polar surface area (TPSA) is 24.1 Å². The Balaban J connectivity index is 1.85. The summed E-state index contributed by atoms with van der Waals surface area (Å²) in [5.41, 5.74) is 5.32. The molecule has 1 heterocycles. The van der Waals surface area contributed by atoms with E-state index in [9.17, 15) is 0 Å². The third-order valence-electron chi connectivity index (χ3n) is 3.58. The summed E-state index contributed by atoms with van der Waals surface area (Å²) in [7, 11) is 0. The van der Waals surface area contributed by atoms with Crippen LogP contribution in [-0.4, -0.2) is 6.54 Å². The smallest absolute Gasteiger partial charge is 0.0498 e. The molecule has 2 nitrogen and oxygen atoms in total. The van der Waals surface area contributed by atoms with Crippen LogP contribution in [0.4, 0.5) is 5.69 Å².